The fourth-order valence-electron chi connectivity index (χ4n) is 2.09. The highest BCUT2D eigenvalue weighted by molar-refractivity contribution is 5.97. The van der Waals surface area contributed by atoms with Gasteiger partial charge in [-0.1, -0.05) is 12.1 Å². The van der Waals surface area contributed by atoms with Crippen LogP contribution in [0.5, 0.6) is 17.2 Å². The summed E-state index contributed by atoms with van der Waals surface area (Å²) >= 11 is 0. The van der Waals surface area contributed by atoms with Gasteiger partial charge in [0, 0.05) is 0 Å². The third-order valence-corrected chi connectivity index (χ3v) is 3.24. The number of phenols is 1. The molecule has 1 aliphatic rings. The number of carbonyl (C=O) groups excluding carboxylic acids is 1. The number of aromatic hydroxyl groups is 1. The summed E-state index contributed by atoms with van der Waals surface area (Å²) < 4.78 is 10.2. The van der Waals surface area contributed by atoms with Crippen molar-refractivity contribution in [1.29, 1.82) is 0 Å². The van der Waals surface area contributed by atoms with Crippen LogP contribution < -0.4 is 14.9 Å². The minimum atomic E-state index is -0.646. The first-order valence-electron chi connectivity index (χ1n) is 6.75. The van der Waals surface area contributed by atoms with Crippen LogP contribution in [0.25, 0.3) is 0 Å². The molecule has 3 rings (SSSR count). The number of hydrazone groups is 1. The Morgan fingerprint density at radius 2 is 2.00 bits per heavy atom. The van der Waals surface area contributed by atoms with Gasteiger partial charge in [-0.05, 0) is 18.2 Å². The summed E-state index contributed by atoms with van der Waals surface area (Å²) in [6, 6.07) is 8.57. The number of nitrogens with one attached hydrogen (secondary N) is 1. The number of hydrogen-bond acceptors (Lipinski definition) is 7. The SMILES string of the molecule is O=C(NN=Cc1cc2c(cc1[N+](=O)[O-])OCO2)c1ccccc1O. The van der Waals surface area contributed by atoms with Crippen molar-refractivity contribution in [3.05, 3.63) is 57.6 Å². The molecule has 0 saturated carbocycles. The van der Waals surface area contributed by atoms with E-state index in [2.05, 4.69) is 10.5 Å². The van der Waals surface area contributed by atoms with Crippen molar-refractivity contribution in [2.24, 2.45) is 5.10 Å². The fourth-order valence-corrected chi connectivity index (χ4v) is 2.09. The van der Waals surface area contributed by atoms with Crippen molar-refractivity contribution in [2.45, 2.75) is 0 Å². The Morgan fingerprint density at radius 1 is 1.29 bits per heavy atom. The van der Waals surface area contributed by atoms with E-state index < -0.39 is 10.8 Å². The summed E-state index contributed by atoms with van der Waals surface area (Å²) in [7, 11) is 0. The number of fused-ring (bicyclic) bond motifs is 1. The molecule has 0 aromatic heterocycles. The molecule has 0 radical (unpaired) electrons. The van der Waals surface area contributed by atoms with Crippen molar-refractivity contribution < 1.29 is 24.3 Å². The van der Waals surface area contributed by atoms with E-state index in [0.29, 0.717) is 5.75 Å². The molecule has 122 valence electrons. The van der Waals surface area contributed by atoms with Gasteiger partial charge in [0.15, 0.2) is 11.5 Å². The predicted octanol–water partition coefficient (Wildman–Crippen LogP) is 1.79. The summed E-state index contributed by atoms with van der Waals surface area (Å²) in [5.41, 5.74) is 2.14. The molecule has 9 nitrogen and oxygen atoms in total. The van der Waals surface area contributed by atoms with Gasteiger partial charge >= 0.3 is 0 Å². The first-order chi connectivity index (χ1) is 11.6. The number of nitrogens with zero attached hydrogens (tertiary/aromatic N) is 2. The maximum Gasteiger partial charge on any atom is 0.282 e. The van der Waals surface area contributed by atoms with E-state index in [1.165, 1.54) is 24.3 Å². The minimum absolute atomic E-state index is 0.0168. The van der Waals surface area contributed by atoms with Gasteiger partial charge in [0.05, 0.1) is 28.3 Å². The van der Waals surface area contributed by atoms with E-state index in [1.54, 1.807) is 12.1 Å². The molecule has 1 heterocycles. The Hall–Kier alpha value is -3.62. The molecule has 0 fully saturated rings. The van der Waals surface area contributed by atoms with E-state index >= 15 is 0 Å². The topological polar surface area (TPSA) is 123 Å². The molecule has 1 aliphatic heterocycles. The van der Waals surface area contributed by atoms with Gasteiger partial charge in [-0.25, -0.2) is 5.43 Å². The number of benzene rings is 2. The molecule has 9 heteroatoms. The lowest BCUT2D eigenvalue weighted by atomic mass is 10.1. The van der Waals surface area contributed by atoms with Crippen molar-refractivity contribution >= 4 is 17.8 Å². The van der Waals surface area contributed by atoms with E-state index in [-0.39, 0.29) is 35.1 Å². The van der Waals surface area contributed by atoms with Gasteiger partial charge in [0.1, 0.15) is 5.75 Å². The van der Waals surface area contributed by atoms with Crippen LogP contribution in [0.15, 0.2) is 41.5 Å². The highest BCUT2D eigenvalue weighted by Gasteiger charge is 2.22. The Bertz CT molecular complexity index is 849. The molecule has 0 saturated heterocycles. The van der Waals surface area contributed by atoms with Gasteiger partial charge in [-0.15, -0.1) is 0 Å². The maximum atomic E-state index is 11.9. The van der Waals surface area contributed by atoms with E-state index in [1.807, 2.05) is 0 Å². The summed E-state index contributed by atoms with van der Waals surface area (Å²) in [6.07, 6.45) is 1.12. The largest absolute Gasteiger partial charge is 0.507 e. The zero-order valence-corrected chi connectivity index (χ0v) is 12.1. The van der Waals surface area contributed by atoms with Gasteiger partial charge in [-0.2, -0.15) is 5.10 Å². The molecular weight excluding hydrogens is 318 g/mol. The van der Waals surface area contributed by atoms with Crippen LogP contribution in [0, 0.1) is 10.1 Å². The van der Waals surface area contributed by atoms with Crippen molar-refractivity contribution in [2.75, 3.05) is 6.79 Å². The molecule has 2 aromatic rings. The van der Waals surface area contributed by atoms with Crippen molar-refractivity contribution in [1.82, 2.24) is 5.43 Å². The van der Waals surface area contributed by atoms with E-state index in [4.69, 9.17) is 9.47 Å². The maximum absolute atomic E-state index is 11.9. The Kier molecular flexibility index (Phi) is 3.98. The average molecular weight is 329 g/mol. The highest BCUT2D eigenvalue weighted by Crippen LogP contribution is 2.37. The van der Waals surface area contributed by atoms with Crippen LogP contribution in [0.2, 0.25) is 0 Å². The first-order valence-corrected chi connectivity index (χ1v) is 6.75. The number of ether oxygens (including phenoxy) is 2. The Balaban J connectivity index is 1.81. The van der Waals surface area contributed by atoms with Gasteiger partial charge < -0.3 is 14.6 Å². The molecule has 0 bridgehead atoms. The summed E-state index contributed by atoms with van der Waals surface area (Å²) in [5.74, 6) is -0.210. The van der Waals surface area contributed by atoms with Crippen LogP contribution in [0.4, 0.5) is 5.69 Å². The van der Waals surface area contributed by atoms with E-state index in [0.717, 1.165) is 6.21 Å². The molecule has 0 spiro atoms. The second-order valence-electron chi connectivity index (χ2n) is 4.74. The normalized spacial score (nSPS) is 12.3. The van der Waals surface area contributed by atoms with Crippen LogP contribution in [0.1, 0.15) is 15.9 Å². The molecule has 0 unspecified atom stereocenters. The number of nitro groups is 1. The Labute approximate surface area is 135 Å². The van der Waals surface area contributed by atoms with Crippen molar-refractivity contribution in [3.63, 3.8) is 0 Å². The summed E-state index contributed by atoms with van der Waals surface area (Å²) in [5, 5.41) is 24.4. The number of para-hydroxylation sites is 1. The smallest absolute Gasteiger partial charge is 0.282 e. The minimum Gasteiger partial charge on any atom is -0.507 e. The quantitative estimate of drug-likeness (QED) is 0.501. The van der Waals surface area contributed by atoms with Gasteiger partial charge in [0.25, 0.3) is 11.6 Å². The second-order valence-corrected chi connectivity index (χ2v) is 4.74. The van der Waals surface area contributed by atoms with Crippen LogP contribution in [-0.2, 0) is 0 Å². The standard InChI is InChI=1S/C15H11N3O6/c19-12-4-2-1-3-10(12)15(20)17-16-7-9-5-13-14(24-8-23-13)6-11(9)18(21)22/h1-7,19H,8H2,(H,17,20). The number of phenolic OH excluding ortho intramolecular Hbond substituents is 1. The van der Waals surface area contributed by atoms with Gasteiger partial charge in [0.2, 0.25) is 6.79 Å². The van der Waals surface area contributed by atoms with Gasteiger partial charge in [-0.3, -0.25) is 14.9 Å². The molecule has 2 aromatic carbocycles. The fraction of sp³-hybridized carbons (Fsp3) is 0.0667. The molecule has 0 aliphatic carbocycles. The number of nitro benzene ring substituents is 1. The lowest BCUT2D eigenvalue weighted by Crippen LogP contribution is -2.17. The zero-order valence-electron chi connectivity index (χ0n) is 12.1. The second kappa shape index (κ2) is 6.24. The third kappa shape index (κ3) is 2.95. The van der Waals surface area contributed by atoms with Crippen molar-refractivity contribution in [3.8, 4) is 17.2 Å². The Morgan fingerprint density at radius 3 is 2.71 bits per heavy atom. The van der Waals surface area contributed by atoms with Crippen LogP contribution in [0.3, 0.4) is 0 Å². The number of hydrogen-bond donors (Lipinski definition) is 2. The molecule has 2 N–H and O–H groups in total. The predicted molar refractivity (Wildman–Crippen MR) is 82.4 cm³/mol. The number of rotatable bonds is 4. The monoisotopic (exact) mass is 329 g/mol. The lowest BCUT2D eigenvalue weighted by molar-refractivity contribution is -0.385. The highest BCUT2D eigenvalue weighted by atomic mass is 16.7. The first kappa shape index (κ1) is 15.3. The zero-order chi connectivity index (χ0) is 17.1. The third-order valence-electron chi connectivity index (χ3n) is 3.24. The van der Waals surface area contributed by atoms with E-state index in [9.17, 15) is 20.0 Å². The van der Waals surface area contributed by atoms with Crippen LogP contribution in [-0.4, -0.2) is 28.9 Å². The molecule has 24 heavy (non-hydrogen) atoms. The lowest BCUT2D eigenvalue weighted by Gasteiger charge is -2.03. The number of carbonyl (C=O) groups is 1. The summed E-state index contributed by atoms with van der Waals surface area (Å²) in [4.78, 5) is 22.4. The summed E-state index contributed by atoms with van der Waals surface area (Å²) in [6.45, 7) is -0.0168. The number of amides is 1. The van der Waals surface area contributed by atoms with Crippen LogP contribution >= 0.6 is 0 Å². The molecule has 0 atom stereocenters. The molecular formula is C15H11N3O6. The average Bonchev–Trinajstić information content (AvgIpc) is 3.01. The molecule has 1 amide bonds.